The fraction of sp³-hybridized carbons (Fsp3) is 0.579. The molecule has 0 bridgehead atoms. The van der Waals surface area contributed by atoms with Crippen LogP contribution in [0.25, 0.3) is 0 Å². The van der Waals surface area contributed by atoms with Crippen LogP contribution in [-0.2, 0) is 20.7 Å². The molecule has 3 unspecified atom stereocenters. The topological polar surface area (TPSA) is 114 Å². The normalized spacial score (nSPS) is 22.8. The number of alkyl carbamates (subject to hydrolysis) is 1. The first-order valence-electron chi connectivity index (χ1n) is 8.75. The Bertz CT molecular complexity index is 627. The molecule has 2 rings (SSSR count). The Morgan fingerprint density at radius 3 is 2.46 bits per heavy atom. The minimum absolute atomic E-state index is 0.367. The zero-order valence-electron chi connectivity index (χ0n) is 15.6. The van der Waals surface area contributed by atoms with E-state index >= 15 is 0 Å². The van der Waals surface area contributed by atoms with Crippen molar-refractivity contribution in [1.29, 1.82) is 0 Å². The molecule has 144 valence electrons. The lowest BCUT2D eigenvalue weighted by molar-refractivity contribution is -0.123. The van der Waals surface area contributed by atoms with Gasteiger partial charge in [-0.15, -0.1) is 0 Å². The molecule has 0 radical (unpaired) electrons. The van der Waals surface area contributed by atoms with Gasteiger partial charge in [-0.3, -0.25) is 4.79 Å². The van der Waals surface area contributed by atoms with Crippen molar-refractivity contribution in [3.63, 3.8) is 0 Å². The predicted molar refractivity (Wildman–Crippen MR) is 96.6 cm³/mol. The highest BCUT2D eigenvalue weighted by molar-refractivity contribution is 5.91. The molecule has 0 saturated carbocycles. The number of aliphatic hydroxyl groups is 1. The van der Waals surface area contributed by atoms with Gasteiger partial charge in [0.05, 0.1) is 18.2 Å². The molecule has 1 saturated heterocycles. The van der Waals surface area contributed by atoms with Crippen LogP contribution in [0.2, 0.25) is 0 Å². The Morgan fingerprint density at radius 2 is 1.92 bits per heavy atom. The maximum absolute atomic E-state index is 12.3. The second-order valence-electron chi connectivity index (χ2n) is 7.63. The third-order valence-corrected chi connectivity index (χ3v) is 4.05. The van der Waals surface area contributed by atoms with Crippen LogP contribution in [0, 0.1) is 0 Å². The average molecular weight is 364 g/mol. The second-order valence-corrected chi connectivity index (χ2v) is 7.63. The van der Waals surface area contributed by atoms with E-state index in [1.165, 1.54) is 6.92 Å². The number of carbonyl (C=O) groups excluding carboxylic acids is 2. The summed E-state index contributed by atoms with van der Waals surface area (Å²) in [6.07, 6.45) is -2.28. The number of benzene rings is 1. The van der Waals surface area contributed by atoms with E-state index in [2.05, 4.69) is 5.32 Å². The van der Waals surface area contributed by atoms with E-state index in [-0.39, 0.29) is 5.78 Å². The van der Waals surface area contributed by atoms with Crippen LogP contribution >= 0.6 is 0 Å². The number of ether oxygens (including phenoxy) is 2. The summed E-state index contributed by atoms with van der Waals surface area (Å²) in [5.41, 5.74) is 6.07. The Kier molecular flexibility index (Phi) is 6.39. The molecule has 1 aromatic rings. The summed E-state index contributed by atoms with van der Waals surface area (Å²) < 4.78 is 10.8. The Balaban J connectivity index is 2.07. The summed E-state index contributed by atoms with van der Waals surface area (Å²) in [5.74, 6) is -0.367. The van der Waals surface area contributed by atoms with Crippen LogP contribution in [0.4, 0.5) is 4.79 Å². The molecule has 26 heavy (non-hydrogen) atoms. The number of ketones is 1. The molecule has 5 atom stereocenters. The van der Waals surface area contributed by atoms with Crippen molar-refractivity contribution in [3.05, 3.63) is 35.9 Å². The Labute approximate surface area is 153 Å². The van der Waals surface area contributed by atoms with Crippen molar-refractivity contribution in [2.24, 2.45) is 5.73 Å². The van der Waals surface area contributed by atoms with E-state index in [1.807, 2.05) is 30.3 Å². The van der Waals surface area contributed by atoms with Crippen molar-refractivity contribution in [2.45, 2.75) is 70.1 Å². The Morgan fingerprint density at radius 1 is 1.31 bits per heavy atom. The first kappa shape index (κ1) is 20.4. The standard InChI is InChI=1S/C19H28N2O5/c1-11(22)14(20)15(23)17-16(25-17)13(10-12-8-6-5-7-9-12)21-18(24)26-19(2,3)4/h5-9,11,13-14,16-17,22H,10,20H2,1-4H3,(H,21,24)/t11-,13?,14+,16?,17?/m1/s1. The van der Waals surface area contributed by atoms with Gasteiger partial charge in [0.15, 0.2) is 5.78 Å². The summed E-state index contributed by atoms with van der Waals surface area (Å²) in [4.78, 5) is 24.4. The first-order chi connectivity index (χ1) is 12.1. The zero-order chi connectivity index (χ0) is 19.5. The van der Waals surface area contributed by atoms with Crippen LogP contribution in [-0.4, -0.2) is 53.0 Å². The number of nitrogens with two attached hydrogens (primary N) is 1. The highest BCUT2D eigenvalue weighted by Gasteiger charge is 2.52. The fourth-order valence-electron chi connectivity index (χ4n) is 2.66. The monoisotopic (exact) mass is 364 g/mol. The van der Waals surface area contributed by atoms with Crippen molar-refractivity contribution < 1.29 is 24.2 Å². The lowest BCUT2D eigenvalue weighted by atomic mass is 9.97. The lowest BCUT2D eigenvalue weighted by Crippen LogP contribution is -2.47. The van der Waals surface area contributed by atoms with Gasteiger partial charge in [0.25, 0.3) is 0 Å². The van der Waals surface area contributed by atoms with E-state index in [4.69, 9.17) is 15.2 Å². The van der Waals surface area contributed by atoms with E-state index in [1.54, 1.807) is 20.8 Å². The van der Waals surface area contributed by atoms with E-state index in [0.29, 0.717) is 6.42 Å². The van der Waals surface area contributed by atoms with Gasteiger partial charge in [-0.2, -0.15) is 0 Å². The van der Waals surface area contributed by atoms with Crippen molar-refractivity contribution >= 4 is 11.9 Å². The van der Waals surface area contributed by atoms with Crippen molar-refractivity contribution in [1.82, 2.24) is 5.32 Å². The number of nitrogens with one attached hydrogen (secondary N) is 1. The number of amides is 1. The smallest absolute Gasteiger partial charge is 0.407 e. The zero-order valence-corrected chi connectivity index (χ0v) is 15.6. The molecule has 0 aliphatic carbocycles. The third kappa shape index (κ3) is 5.79. The molecular formula is C19H28N2O5. The van der Waals surface area contributed by atoms with Gasteiger partial charge in [-0.25, -0.2) is 4.79 Å². The van der Waals surface area contributed by atoms with Gasteiger partial charge in [0.2, 0.25) is 0 Å². The number of hydrogen-bond acceptors (Lipinski definition) is 6. The summed E-state index contributed by atoms with van der Waals surface area (Å²) in [5, 5.41) is 12.3. The van der Waals surface area contributed by atoms with Crippen LogP contribution < -0.4 is 11.1 Å². The van der Waals surface area contributed by atoms with Gasteiger partial charge >= 0.3 is 6.09 Å². The molecule has 1 amide bonds. The third-order valence-electron chi connectivity index (χ3n) is 4.05. The molecule has 7 heteroatoms. The molecule has 1 aliphatic heterocycles. The number of Topliss-reactive ketones (excluding diaryl/α,β-unsaturated/α-hetero) is 1. The maximum Gasteiger partial charge on any atom is 0.407 e. The number of hydrogen-bond donors (Lipinski definition) is 3. The number of aliphatic hydroxyl groups excluding tert-OH is 1. The van der Waals surface area contributed by atoms with E-state index in [0.717, 1.165) is 5.56 Å². The Hall–Kier alpha value is -1.96. The van der Waals surface area contributed by atoms with Crippen LogP contribution in [0.3, 0.4) is 0 Å². The largest absolute Gasteiger partial charge is 0.444 e. The summed E-state index contributed by atoms with van der Waals surface area (Å²) in [6, 6.07) is 8.13. The second kappa shape index (κ2) is 8.16. The van der Waals surface area contributed by atoms with Gasteiger partial charge in [-0.05, 0) is 39.7 Å². The molecule has 7 nitrogen and oxygen atoms in total. The molecule has 0 aromatic heterocycles. The minimum atomic E-state index is -1.01. The summed E-state index contributed by atoms with van der Waals surface area (Å²) in [7, 11) is 0. The van der Waals surface area contributed by atoms with E-state index < -0.39 is 42.1 Å². The number of rotatable bonds is 7. The van der Waals surface area contributed by atoms with Gasteiger partial charge < -0.3 is 25.6 Å². The molecule has 1 aliphatic rings. The predicted octanol–water partition coefficient (Wildman–Crippen LogP) is 1.17. The quantitative estimate of drug-likeness (QED) is 0.626. The highest BCUT2D eigenvalue weighted by Crippen LogP contribution is 2.29. The van der Waals surface area contributed by atoms with Crippen molar-refractivity contribution in [2.75, 3.05) is 0 Å². The average Bonchev–Trinajstić information content (AvgIpc) is 3.32. The van der Waals surface area contributed by atoms with Crippen LogP contribution in [0.5, 0.6) is 0 Å². The number of epoxide rings is 1. The summed E-state index contributed by atoms with van der Waals surface area (Å²) in [6.45, 7) is 6.79. The number of carbonyl (C=O) groups is 2. The lowest BCUT2D eigenvalue weighted by Gasteiger charge is -2.23. The molecule has 1 fully saturated rings. The maximum atomic E-state index is 12.3. The molecule has 1 heterocycles. The fourth-order valence-corrected chi connectivity index (χ4v) is 2.66. The van der Waals surface area contributed by atoms with Gasteiger partial charge in [-0.1, -0.05) is 30.3 Å². The van der Waals surface area contributed by atoms with E-state index in [9.17, 15) is 14.7 Å². The molecule has 1 aromatic carbocycles. The van der Waals surface area contributed by atoms with Gasteiger partial charge in [0, 0.05) is 0 Å². The minimum Gasteiger partial charge on any atom is -0.444 e. The van der Waals surface area contributed by atoms with Gasteiger partial charge in [0.1, 0.15) is 17.8 Å². The first-order valence-corrected chi connectivity index (χ1v) is 8.75. The highest BCUT2D eigenvalue weighted by atomic mass is 16.6. The molecule has 4 N–H and O–H groups in total. The van der Waals surface area contributed by atoms with Crippen molar-refractivity contribution in [3.8, 4) is 0 Å². The van der Waals surface area contributed by atoms with Crippen LogP contribution in [0.15, 0.2) is 30.3 Å². The van der Waals surface area contributed by atoms with Crippen LogP contribution in [0.1, 0.15) is 33.3 Å². The SMILES string of the molecule is C[C@@H](O)[C@H](N)C(=O)C1OC1C(Cc1ccccc1)NC(=O)OC(C)(C)C. The molecule has 0 spiro atoms. The molecular weight excluding hydrogens is 336 g/mol. The summed E-state index contributed by atoms with van der Waals surface area (Å²) >= 11 is 0.